The first-order chi connectivity index (χ1) is 15.5. The fraction of sp³-hybridized carbons (Fsp3) is 0.292. The molecule has 2 heterocycles. The minimum Gasteiger partial charge on any atom is -1.00 e. The highest BCUT2D eigenvalue weighted by atomic mass is 35.5. The Morgan fingerprint density at radius 3 is 2.39 bits per heavy atom. The van der Waals surface area contributed by atoms with Gasteiger partial charge in [0, 0.05) is 42.6 Å². The second-order valence-corrected chi connectivity index (χ2v) is 7.90. The molecule has 0 saturated carbocycles. The first kappa shape index (κ1) is 24.3. The third-order valence-corrected chi connectivity index (χ3v) is 5.66. The van der Waals surface area contributed by atoms with Crippen molar-refractivity contribution >= 4 is 34.4 Å². The number of H-pyrrole nitrogens is 1. The first-order valence-corrected chi connectivity index (χ1v) is 10.5. The number of fused-ring (bicyclic) bond motifs is 1. The number of nitrogens with one attached hydrogen (secondary N) is 2. The van der Waals surface area contributed by atoms with Gasteiger partial charge in [-0.15, -0.1) is 0 Å². The van der Waals surface area contributed by atoms with Gasteiger partial charge in [0.25, 0.3) is 5.91 Å². The Labute approximate surface area is 198 Å². The van der Waals surface area contributed by atoms with Crippen LogP contribution >= 0.6 is 0 Å². The van der Waals surface area contributed by atoms with Crippen LogP contribution < -0.4 is 17.7 Å². The molecule has 9 heteroatoms. The Hall–Kier alpha value is -3.36. The monoisotopic (exact) mass is 469 g/mol. The zero-order valence-electron chi connectivity index (χ0n) is 18.6. The number of methoxy groups -OCH3 is 1. The van der Waals surface area contributed by atoms with E-state index in [9.17, 15) is 14.4 Å². The largest absolute Gasteiger partial charge is 1.00 e. The maximum atomic E-state index is 12.8. The number of ether oxygens (including phenoxy) is 1. The summed E-state index contributed by atoms with van der Waals surface area (Å²) in [6.07, 6.45) is 0. The second-order valence-electron chi connectivity index (χ2n) is 7.90. The van der Waals surface area contributed by atoms with Crippen LogP contribution in [0.4, 0.5) is 5.69 Å². The normalized spacial score (nSPS) is 13.9. The van der Waals surface area contributed by atoms with Crippen LogP contribution in [-0.4, -0.2) is 72.4 Å². The standard InChI is InChI=1S/C24H26N4O4.ClH/c1-16-8-9-19-18(14-16)21(22(25-19)24(31)32-2)26-20(29)15-27-10-12-28(13-11-27)23(30)17-6-4-3-5-7-17;/h3-9,14,25H,10-13,15H2,1-2H3,(H,26,29);1H/p-1. The Morgan fingerprint density at radius 1 is 1.03 bits per heavy atom. The SMILES string of the molecule is COC(=O)c1[nH]c2ccc(C)cc2c1NC(=O)CN1CCN(C(=O)c2ccccc2)CC1.[Cl-]. The molecule has 1 aliphatic rings. The second kappa shape index (κ2) is 10.5. The van der Waals surface area contributed by atoms with Gasteiger partial charge in [0.1, 0.15) is 5.69 Å². The number of amides is 2. The number of piperazine rings is 1. The number of aromatic amines is 1. The molecule has 0 atom stereocenters. The van der Waals surface area contributed by atoms with Crippen molar-refractivity contribution < 1.29 is 31.5 Å². The zero-order chi connectivity index (χ0) is 22.7. The van der Waals surface area contributed by atoms with Crippen LogP contribution in [0.1, 0.15) is 26.4 Å². The molecule has 0 spiro atoms. The number of aryl methyl sites for hydroxylation is 1. The van der Waals surface area contributed by atoms with Gasteiger partial charge in [0.05, 0.1) is 19.3 Å². The van der Waals surface area contributed by atoms with E-state index in [0.717, 1.165) is 16.5 Å². The number of rotatable bonds is 5. The van der Waals surface area contributed by atoms with E-state index < -0.39 is 5.97 Å². The topological polar surface area (TPSA) is 94.7 Å². The van der Waals surface area contributed by atoms with Crippen LogP contribution in [0.5, 0.6) is 0 Å². The van der Waals surface area contributed by atoms with Gasteiger partial charge in [0.2, 0.25) is 5.91 Å². The molecule has 0 radical (unpaired) electrons. The lowest BCUT2D eigenvalue weighted by atomic mass is 10.1. The molecule has 1 aliphatic heterocycles. The molecule has 3 aromatic rings. The van der Waals surface area contributed by atoms with E-state index in [2.05, 4.69) is 10.3 Å². The summed E-state index contributed by atoms with van der Waals surface area (Å²) >= 11 is 0. The molecule has 1 saturated heterocycles. The fourth-order valence-corrected chi connectivity index (χ4v) is 3.95. The van der Waals surface area contributed by atoms with Gasteiger partial charge in [-0.1, -0.05) is 29.8 Å². The molecule has 174 valence electrons. The molecular formula is C24H26ClN4O4-. The molecule has 2 N–H and O–H groups in total. The molecular weight excluding hydrogens is 444 g/mol. The molecule has 2 amide bonds. The van der Waals surface area contributed by atoms with E-state index in [1.165, 1.54) is 7.11 Å². The lowest BCUT2D eigenvalue weighted by Gasteiger charge is -2.34. The summed E-state index contributed by atoms with van der Waals surface area (Å²) in [6, 6.07) is 14.9. The first-order valence-electron chi connectivity index (χ1n) is 10.5. The summed E-state index contributed by atoms with van der Waals surface area (Å²) in [6.45, 7) is 4.44. The Kier molecular flexibility index (Phi) is 7.73. The van der Waals surface area contributed by atoms with Gasteiger partial charge < -0.3 is 32.3 Å². The number of benzene rings is 2. The predicted octanol–water partition coefficient (Wildman–Crippen LogP) is -0.337. The van der Waals surface area contributed by atoms with Crippen LogP contribution in [0.15, 0.2) is 48.5 Å². The van der Waals surface area contributed by atoms with Crippen molar-refractivity contribution in [1.82, 2.24) is 14.8 Å². The van der Waals surface area contributed by atoms with Crippen molar-refractivity contribution in [2.24, 2.45) is 0 Å². The number of nitrogens with zero attached hydrogens (tertiary/aromatic N) is 2. The summed E-state index contributed by atoms with van der Waals surface area (Å²) in [5, 5.41) is 3.65. The summed E-state index contributed by atoms with van der Waals surface area (Å²) in [5.74, 6) is -0.755. The summed E-state index contributed by atoms with van der Waals surface area (Å²) in [4.78, 5) is 44.5. The maximum Gasteiger partial charge on any atom is 0.356 e. The average Bonchev–Trinajstić information content (AvgIpc) is 3.16. The van der Waals surface area contributed by atoms with E-state index in [0.29, 0.717) is 37.4 Å². The molecule has 33 heavy (non-hydrogen) atoms. The lowest BCUT2D eigenvalue weighted by Crippen LogP contribution is -3.00. The number of hydrogen-bond acceptors (Lipinski definition) is 5. The summed E-state index contributed by atoms with van der Waals surface area (Å²) < 4.78 is 4.87. The minimum atomic E-state index is -0.540. The number of hydrogen-bond donors (Lipinski definition) is 2. The molecule has 2 aromatic carbocycles. The van der Waals surface area contributed by atoms with Gasteiger partial charge in [-0.2, -0.15) is 0 Å². The maximum absolute atomic E-state index is 12.8. The van der Waals surface area contributed by atoms with Gasteiger partial charge >= 0.3 is 5.97 Å². The van der Waals surface area contributed by atoms with E-state index in [1.807, 2.05) is 65.3 Å². The molecule has 8 nitrogen and oxygen atoms in total. The molecule has 0 bridgehead atoms. The third kappa shape index (κ3) is 5.35. The predicted molar refractivity (Wildman–Crippen MR) is 122 cm³/mol. The number of anilines is 1. The average molecular weight is 470 g/mol. The lowest BCUT2D eigenvalue weighted by molar-refractivity contribution is -0.117. The molecule has 0 aliphatic carbocycles. The van der Waals surface area contributed by atoms with Crippen LogP contribution in [0.25, 0.3) is 10.9 Å². The van der Waals surface area contributed by atoms with Gasteiger partial charge in [-0.3, -0.25) is 14.5 Å². The zero-order valence-corrected chi connectivity index (χ0v) is 19.3. The summed E-state index contributed by atoms with van der Waals surface area (Å²) in [7, 11) is 1.31. The van der Waals surface area contributed by atoms with E-state index in [4.69, 9.17) is 4.74 Å². The minimum absolute atomic E-state index is 0. The number of halogens is 1. The fourth-order valence-electron chi connectivity index (χ4n) is 3.95. The van der Waals surface area contributed by atoms with Crippen molar-refractivity contribution in [2.45, 2.75) is 6.92 Å². The van der Waals surface area contributed by atoms with Crippen LogP contribution in [0.2, 0.25) is 0 Å². The van der Waals surface area contributed by atoms with Crippen LogP contribution in [-0.2, 0) is 9.53 Å². The van der Waals surface area contributed by atoms with Gasteiger partial charge in [-0.25, -0.2) is 4.79 Å². The van der Waals surface area contributed by atoms with Crippen molar-refractivity contribution in [2.75, 3.05) is 45.2 Å². The van der Waals surface area contributed by atoms with Crippen LogP contribution in [0, 0.1) is 6.92 Å². The van der Waals surface area contributed by atoms with E-state index in [1.54, 1.807) is 0 Å². The van der Waals surface area contributed by atoms with Crippen LogP contribution in [0.3, 0.4) is 0 Å². The smallest absolute Gasteiger partial charge is 0.356 e. The van der Waals surface area contributed by atoms with Gasteiger partial charge in [-0.05, 0) is 31.2 Å². The number of carbonyl (C=O) groups excluding carboxylic acids is 3. The van der Waals surface area contributed by atoms with Crippen molar-refractivity contribution in [1.29, 1.82) is 0 Å². The highest BCUT2D eigenvalue weighted by molar-refractivity contribution is 6.11. The van der Waals surface area contributed by atoms with E-state index >= 15 is 0 Å². The number of carbonyl (C=O) groups is 3. The third-order valence-electron chi connectivity index (χ3n) is 5.66. The quantitative estimate of drug-likeness (QED) is 0.499. The van der Waals surface area contributed by atoms with Crippen molar-refractivity contribution in [3.05, 3.63) is 65.4 Å². The Balaban J connectivity index is 0.00000306. The highest BCUT2D eigenvalue weighted by Gasteiger charge is 2.25. The molecule has 0 unspecified atom stereocenters. The number of esters is 1. The molecule has 1 aromatic heterocycles. The van der Waals surface area contributed by atoms with Crippen molar-refractivity contribution in [3.8, 4) is 0 Å². The summed E-state index contributed by atoms with van der Waals surface area (Å²) in [5.41, 5.74) is 3.09. The molecule has 4 rings (SSSR count). The highest BCUT2D eigenvalue weighted by Crippen LogP contribution is 2.29. The van der Waals surface area contributed by atoms with Gasteiger partial charge in [0.15, 0.2) is 0 Å². The Morgan fingerprint density at radius 2 is 1.73 bits per heavy atom. The number of aromatic nitrogens is 1. The van der Waals surface area contributed by atoms with Crippen molar-refractivity contribution in [3.63, 3.8) is 0 Å². The molecule has 1 fully saturated rings. The Bertz CT molecular complexity index is 1150. The van der Waals surface area contributed by atoms with E-state index in [-0.39, 0.29) is 36.5 Å².